The summed E-state index contributed by atoms with van der Waals surface area (Å²) in [6, 6.07) is 0. The van der Waals surface area contributed by atoms with Crippen molar-refractivity contribution in [2.75, 3.05) is 12.5 Å². The number of carbonyl (C=O) groups excluding carboxylic acids is 1. The van der Waals surface area contributed by atoms with Gasteiger partial charge in [-0.3, -0.25) is 4.79 Å². The predicted octanol–water partition coefficient (Wildman–Crippen LogP) is 0.993. The molecule has 0 aromatic heterocycles. The number of carbonyl (C=O) groups is 1. The van der Waals surface area contributed by atoms with Crippen LogP contribution in [0.4, 0.5) is 0 Å². The highest BCUT2D eigenvalue weighted by atomic mass is 35.5. The molecule has 1 radical (unpaired) electrons. The zero-order valence-corrected chi connectivity index (χ0v) is 5.44. The standard InChI is InChI=1S/C5H8ClO2/c1-2-8-5(7)3-4-6/h3H,2,4H2,1H3. The van der Waals surface area contributed by atoms with Crippen molar-refractivity contribution in [3.8, 4) is 0 Å². The Bertz CT molecular complexity index is 64.8. The van der Waals surface area contributed by atoms with Crippen molar-refractivity contribution in [2.24, 2.45) is 0 Å². The van der Waals surface area contributed by atoms with E-state index in [1.54, 1.807) is 6.92 Å². The lowest BCUT2D eigenvalue weighted by Gasteiger charge is -1.95. The number of halogens is 1. The van der Waals surface area contributed by atoms with Gasteiger partial charge in [-0.25, -0.2) is 0 Å². The normalized spacial score (nSPS) is 8.75. The second-order valence-electron chi connectivity index (χ2n) is 1.11. The van der Waals surface area contributed by atoms with E-state index in [1.807, 2.05) is 0 Å². The Labute approximate surface area is 53.8 Å². The van der Waals surface area contributed by atoms with Crippen molar-refractivity contribution in [1.29, 1.82) is 0 Å². The molecule has 0 aliphatic carbocycles. The number of ether oxygens (including phenoxy) is 1. The minimum absolute atomic E-state index is 0.221. The average Bonchev–Trinajstić information content (AvgIpc) is 1.68. The van der Waals surface area contributed by atoms with E-state index in [-0.39, 0.29) is 11.8 Å². The van der Waals surface area contributed by atoms with E-state index in [4.69, 9.17) is 11.6 Å². The fraction of sp³-hybridized carbons (Fsp3) is 0.600. The summed E-state index contributed by atoms with van der Waals surface area (Å²) in [5, 5.41) is 0. The zero-order valence-electron chi connectivity index (χ0n) is 4.69. The van der Waals surface area contributed by atoms with Gasteiger partial charge in [-0.2, -0.15) is 0 Å². The quantitative estimate of drug-likeness (QED) is 0.426. The summed E-state index contributed by atoms with van der Waals surface area (Å²) in [5.74, 6) is -0.124. The van der Waals surface area contributed by atoms with E-state index in [2.05, 4.69) is 4.74 Å². The van der Waals surface area contributed by atoms with E-state index in [1.165, 1.54) is 6.42 Å². The van der Waals surface area contributed by atoms with Crippen molar-refractivity contribution >= 4 is 17.6 Å². The number of alkyl halides is 1. The molecule has 2 nitrogen and oxygen atoms in total. The van der Waals surface area contributed by atoms with Gasteiger partial charge in [0.05, 0.1) is 13.0 Å². The van der Waals surface area contributed by atoms with Gasteiger partial charge in [0.1, 0.15) is 0 Å². The molecule has 0 heterocycles. The van der Waals surface area contributed by atoms with E-state index in [9.17, 15) is 4.79 Å². The van der Waals surface area contributed by atoms with Crippen LogP contribution in [0.5, 0.6) is 0 Å². The third-order valence-electron chi connectivity index (χ3n) is 0.530. The van der Waals surface area contributed by atoms with E-state index in [0.29, 0.717) is 6.61 Å². The Morgan fingerprint density at radius 2 is 2.50 bits per heavy atom. The first-order valence-electron chi connectivity index (χ1n) is 2.37. The van der Waals surface area contributed by atoms with Gasteiger partial charge >= 0.3 is 5.97 Å². The Balaban J connectivity index is 3.06. The van der Waals surface area contributed by atoms with Gasteiger partial charge in [0, 0.05) is 5.88 Å². The van der Waals surface area contributed by atoms with E-state index < -0.39 is 0 Å². The Hall–Kier alpha value is -0.240. The molecule has 0 aromatic carbocycles. The van der Waals surface area contributed by atoms with Gasteiger partial charge < -0.3 is 4.74 Å². The van der Waals surface area contributed by atoms with Gasteiger partial charge in [0.2, 0.25) is 0 Å². The third kappa shape index (κ3) is 3.93. The van der Waals surface area contributed by atoms with Crippen LogP contribution in [0.3, 0.4) is 0 Å². The van der Waals surface area contributed by atoms with Gasteiger partial charge in [0.25, 0.3) is 0 Å². The summed E-state index contributed by atoms with van der Waals surface area (Å²) < 4.78 is 4.50. The predicted molar refractivity (Wildman–Crippen MR) is 31.7 cm³/mol. The van der Waals surface area contributed by atoms with Crippen molar-refractivity contribution in [3.05, 3.63) is 6.42 Å². The highest BCUT2D eigenvalue weighted by Crippen LogP contribution is 1.86. The molecule has 0 saturated carbocycles. The summed E-state index contributed by atoms with van der Waals surface area (Å²) in [5.41, 5.74) is 0. The van der Waals surface area contributed by atoms with Crippen molar-refractivity contribution < 1.29 is 9.53 Å². The fourth-order valence-corrected chi connectivity index (χ4v) is 0.390. The molecule has 3 heteroatoms. The van der Waals surface area contributed by atoms with Crippen molar-refractivity contribution in [1.82, 2.24) is 0 Å². The van der Waals surface area contributed by atoms with Crippen molar-refractivity contribution in [3.63, 3.8) is 0 Å². The lowest BCUT2D eigenvalue weighted by Crippen LogP contribution is -2.04. The first-order chi connectivity index (χ1) is 3.81. The molecule has 8 heavy (non-hydrogen) atoms. The number of hydrogen-bond acceptors (Lipinski definition) is 2. The molecule has 0 aromatic rings. The highest BCUT2D eigenvalue weighted by Gasteiger charge is 1.97. The molecule has 0 atom stereocenters. The number of esters is 1. The molecule has 0 spiro atoms. The molecule has 0 aliphatic heterocycles. The minimum atomic E-state index is -0.345. The van der Waals surface area contributed by atoms with Gasteiger partial charge in [0.15, 0.2) is 0 Å². The smallest absolute Gasteiger partial charge is 0.311 e. The molecule has 0 unspecified atom stereocenters. The lowest BCUT2D eigenvalue weighted by molar-refractivity contribution is -0.138. The summed E-state index contributed by atoms with van der Waals surface area (Å²) in [6.45, 7) is 2.16. The average molecular weight is 136 g/mol. The van der Waals surface area contributed by atoms with E-state index in [0.717, 1.165) is 0 Å². The van der Waals surface area contributed by atoms with Gasteiger partial charge in [-0.15, -0.1) is 11.6 Å². The Morgan fingerprint density at radius 3 is 2.88 bits per heavy atom. The van der Waals surface area contributed by atoms with Crippen LogP contribution in [0.15, 0.2) is 0 Å². The van der Waals surface area contributed by atoms with Crippen LogP contribution in [-0.2, 0) is 9.53 Å². The molecule has 0 amide bonds. The first-order valence-corrected chi connectivity index (χ1v) is 2.90. The molecule has 0 N–H and O–H groups in total. The van der Waals surface area contributed by atoms with Crippen LogP contribution in [0.1, 0.15) is 6.92 Å². The molecule has 0 bridgehead atoms. The first kappa shape index (κ1) is 7.76. The maximum atomic E-state index is 10.3. The van der Waals surface area contributed by atoms with Crippen LogP contribution >= 0.6 is 11.6 Å². The Kier molecular flexibility index (Phi) is 4.76. The summed E-state index contributed by atoms with van der Waals surface area (Å²) in [7, 11) is 0. The molecule has 0 rings (SSSR count). The number of hydrogen-bond donors (Lipinski definition) is 0. The van der Waals surface area contributed by atoms with Crippen molar-refractivity contribution in [2.45, 2.75) is 6.92 Å². The summed E-state index contributed by atoms with van der Waals surface area (Å²) >= 11 is 5.18. The summed E-state index contributed by atoms with van der Waals surface area (Å²) in [6.07, 6.45) is 1.28. The van der Waals surface area contributed by atoms with Crippen LogP contribution in [0, 0.1) is 6.42 Å². The SMILES string of the molecule is CCOC(=O)[CH]CCl. The van der Waals surface area contributed by atoms with Crippen LogP contribution in [0.2, 0.25) is 0 Å². The van der Waals surface area contributed by atoms with E-state index >= 15 is 0 Å². The monoisotopic (exact) mass is 135 g/mol. The van der Waals surface area contributed by atoms with Crippen LogP contribution in [-0.4, -0.2) is 18.5 Å². The second-order valence-corrected chi connectivity index (χ2v) is 1.42. The molecule has 0 fully saturated rings. The maximum absolute atomic E-state index is 10.3. The van der Waals surface area contributed by atoms with Gasteiger partial charge in [-0.05, 0) is 6.92 Å². The molecule has 47 valence electrons. The molecule has 0 saturated heterocycles. The molecule has 0 aliphatic rings. The van der Waals surface area contributed by atoms with Crippen LogP contribution in [0.25, 0.3) is 0 Å². The Morgan fingerprint density at radius 1 is 1.88 bits per heavy atom. The van der Waals surface area contributed by atoms with Crippen LogP contribution < -0.4 is 0 Å². The third-order valence-corrected chi connectivity index (χ3v) is 0.685. The molecular formula is C5H8ClO2. The molecular weight excluding hydrogens is 128 g/mol. The summed E-state index contributed by atoms with van der Waals surface area (Å²) in [4.78, 5) is 10.3. The fourth-order valence-electron chi connectivity index (χ4n) is 0.264. The van der Waals surface area contributed by atoms with Gasteiger partial charge in [-0.1, -0.05) is 0 Å². The minimum Gasteiger partial charge on any atom is -0.466 e. The maximum Gasteiger partial charge on any atom is 0.311 e. The number of rotatable bonds is 3. The second kappa shape index (κ2) is 4.91. The zero-order chi connectivity index (χ0) is 6.41. The highest BCUT2D eigenvalue weighted by molar-refractivity contribution is 6.20. The lowest BCUT2D eigenvalue weighted by atomic mass is 10.5. The topological polar surface area (TPSA) is 26.3 Å². The largest absolute Gasteiger partial charge is 0.466 e.